The molecule has 2 rings (SSSR count). The molecule has 2 heterocycles. The van der Waals surface area contributed by atoms with Crippen LogP contribution in [0.25, 0.3) is 0 Å². The van der Waals surface area contributed by atoms with E-state index in [1.807, 2.05) is 7.05 Å². The summed E-state index contributed by atoms with van der Waals surface area (Å²) in [4.78, 5) is 15.4. The third-order valence-electron chi connectivity index (χ3n) is 3.46. The van der Waals surface area contributed by atoms with Gasteiger partial charge in [0.05, 0.1) is 6.42 Å². The monoisotopic (exact) mass is 236 g/mol. The first kappa shape index (κ1) is 11.7. The van der Waals surface area contributed by atoms with Crippen molar-refractivity contribution in [3.05, 3.63) is 0 Å². The van der Waals surface area contributed by atoms with E-state index in [1.54, 1.807) is 4.90 Å². The lowest BCUT2D eigenvalue weighted by atomic mass is 10.2. The zero-order chi connectivity index (χ0) is 11.9. The number of halogens is 3. The van der Waals surface area contributed by atoms with Crippen molar-refractivity contribution in [1.82, 2.24) is 9.80 Å². The summed E-state index contributed by atoms with van der Waals surface area (Å²) in [5.41, 5.74) is 0. The van der Waals surface area contributed by atoms with Crippen LogP contribution in [-0.2, 0) is 4.79 Å². The molecule has 2 saturated heterocycles. The number of likely N-dealkylation sites (tertiary alicyclic amines) is 2. The topological polar surface area (TPSA) is 23.6 Å². The third kappa shape index (κ3) is 2.31. The summed E-state index contributed by atoms with van der Waals surface area (Å²) in [5.74, 6) is -0.349. The standard InChI is InChI=1S/C10H15F3N2O/c1-14-5-8-4-7(14)6-15(8)9(16)2-3-10(11,12)13/h7-8H,2-6H2,1H3. The first-order valence-electron chi connectivity index (χ1n) is 5.43. The lowest BCUT2D eigenvalue weighted by Crippen LogP contribution is -2.47. The largest absolute Gasteiger partial charge is 0.389 e. The van der Waals surface area contributed by atoms with Crippen LogP contribution >= 0.6 is 0 Å². The van der Waals surface area contributed by atoms with Crippen molar-refractivity contribution in [2.45, 2.75) is 37.5 Å². The van der Waals surface area contributed by atoms with E-state index in [1.165, 1.54) is 0 Å². The molecule has 2 aliphatic rings. The number of alkyl halides is 3. The second-order valence-electron chi connectivity index (χ2n) is 4.64. The highest BCUT2D eigenvalue weighted by molar-refractivity contribution is 5.77. The van der Waals surface area contributed by atoms with E-state index in [4.69, 9.17) is 0 Å². The van der Waals surface area contributed by atoms with E-state index in [-0.39, 0.29) is 11.9 Å². The Morgan fingerprint density at radius 2 is 2.00 bits per heavy atom. The van der Waals surface area contributed by atoms with Gasteiger partial charge in [-0.2, -0.15) is 13.2 Å². The van der Waals surface area contributed by atoms with Crippen LogP contribution in [0.2, 0.25) is 0 Å². The Hall–Kier alpha value is -0.780. The summed E-state index contributed by atoms with van der Waals surface area (Å²) in [7, 11) is 1.99. The van der Waals surface area contributed by atoms with Crippen LogP contribution in [0.4, 0.5) is 13.2 Å². The minimum atomic E-state index is -4.23. The van der Waals surface area contributed by atoms with Gasteiger partial charge < -0.3 is 4.90 Å². The molecule has 16 heavy (non-hydrogen) atoms. The number of hydrogen-bond acceptors (Lipinski definition) is 2. The van der Waals surface area contributed by atoms with E-state index in [0.717, 1.165) is 13.0 Å². The SMILES string of the molecule is CN1CC2CC1CN2C(=O)CCC(F)(F)F. The first-order chi connectivity index (χ1) is 7.37. The van der Waals surface area contributed by atoms with Crippen LogP contribution in [0.15, 0.2) is 0 Å². The maximum absolute atomic E-state index is 12.0. The average Bonchev–Trinajstić information content (AvgIpc) is 2.71. The molecule has 1 amide bonds. The van der Waals surface area contributed by atoms with Gasteiger partial charge >= 0.3 is 6.18 Å². The maximum atomic E-state index is 12.0. The van der Waals surface area contributed by atoms with Crippen molar-refractivity contribution in [3.8, 4) is 0 Å². The summed E-state index contributed by atoms with van der Waals surface area (Å²) >= 11 is 0. The number of fused-ring (bicyclic) bond motifs is 2. The quantitative estimate of drug-likeness (QED) is 0.720. The zero-order valence-electron chi connectivity index (χ0n) is 9.13. The number of piperazine rings is 1. The van der Waals surface area contributed by atoms with E-state index >= 15 is 0 Å². The smallest absolute Gasteiger partial charge is 0.337 e. The summed E-state index contributed by atoms with van der Waals surface area (Å²) in [6.07, 6.45) is -4.73. The van der Waals surface area contributed by atoms with Gasteiger partial charge in [-0.25, -0.2) is 0 Å². The predicted octanol–water partition coefficient (Wildman–Crippen LogP) is 1.24. The van der Waals surface area contributed by atoms with E-state index in [0.29, 0.717) is 12.6 Å². The van der Waals surface area contributed by atoms with Gasteiger partial charge in [0.1, 0.15) is 0 Å². The highest BCUT2D eigenvalue weighted by Gasteiger charge is 2.43. The van der Waals surface area contributed by atoms with Gasteiger partial charge in [0.15, 0.2) is 0 Å². The van der Waals surface area contributed by atoms with Crippen molar-refractivity contribution in [2.24, 2.45) is 0 Å². The second-order valence-corrected chi connectivity index (χ2v) is 4.64. The molecule has 3 nitrogen and oxygen atoms in total. The second kappa shape index (κ2) is 3.91. The molecule has 0 aromatic rings. The molecule has 0 saturated carbocycles. The van der Waals surface area contributed by atoms with Crippen LogP contribution in [-0.4, -0.2) is 54.1 Å². The van der Waals surface area contributed by atoms with Crippen molar-refractivity contribution in [3.63, 3.8) is 0 Å². The number of hydrogen-bond donors (Lipinski definition) is 0. The van der Waals surface area contributed by atoms with Gasteiger partial charge in [-0.15, -0.1) is 0 Å². The molecule has 0 aliphatic carbocycles. The van der Waals surface area contributed by atoms with Gasteiger partial charge in [-0.05, 0) is 13.5 Å². The lowest BCUT2D eigenvalue weighted by Gasteiger charge is -2.32. The van der Waals surface area contributed by atoms with Gasteiger partial charge in [0, 0.05) is 31.6 Å². The summed E-state index contributed by atoms with van der Waals surface area (Å²) < 4.78 is 35.9. The zero-order valence-corrected chi connectivity index (χ0v) is 9.13. The Balaban J connectivity index is 1.84. The van der Waals surface area contributed by atoms with E-state index in [2.05, 4.69) is 4.90 Å². The van der Waals surface area contributed by atoms with Crippen LogP contribution in [0, 0.1) is 0 Å². The third-order valence-corrected chi connectivity index (χ3v) is 3.46. The maximum Gasteiger partial charge on any atom is 0.389 e. The van der Waals surface area contributed by atoms with Crippen LogP contribution < -0.4 is 0 Å². The predicted molar refractivity (Wildman–Crippen MR) is 51.8 cm³/mol. The fourth-order valence-corrected chi connectivity index (χ4v) is 2.56. The molecule has 92 valence electrons. The number of amides is 1. The molecule has 0 radical (unpaired) electrons. The number of nitrogens with zero attached hydrogens (tertiary/aromatic N) is 2. The fraction of sp³-hybridized carbons (Fsp3) is 0.900. The normalized spacial score (nSPS) is 30.1. The molecule has 6 heteroatoms. The van der Waals surface area contributed by atoms with Crippen molar-refractivity contribution < 1.29 is 18.0 Å². The van der Waals surface area contributed by atoms with Crippen LogP contribution in [0.3, 0.4) is 0 Å². The minimum Gasteiger partial charge on any atom is -0.337 e. The summed E-state index contributed by atoms with van der Waals surface area (Å²) in [5, 5.41) is 0. The van der Waals surface area contributed by atoms with Gasteiger partial charge in [0.2, 0.25) is 5.91 Å². The van der Waals surface area contributed by atoms with Crippen molar-refractivity contribution in [1.29, 1.82) is 0 Å². The molecular weight excluding hydrogens is 221 g/mol. The van der Waals surface area contributed by atoms with Gasteiger partial charge in [0.25, 0.3) is 0 Å². The number of carbonyl (C=O) groups is 1. The Kier molecular flexibility index (Phi) is 2.86. The number of likely N-dealkylation sites (N-methyl/N-ethyl adjacent to an activating group) is 1. The first-order valence-corrected chi connectivity index (χ1v) is 5.43. The fourth-order valence-electron chi connectivity index (χ4n) is 2.56. The molecule has 2 bridgehead atoms. The van der Waals surface area contributed by atoms with Crippen molar-refractivity contribution in [2.75, 3.05) is 20.1 Å². The Labute approximate surface area is 92.2 Å². The van der Waals surface area contributed by atoms with Crippen LogP contribution in [0.1, 0.15) is 19.3 Å². The Bertz CT molecular complexity index is 290. The van der Waals surface area contributed by atoms with Gasteiger partial charge in [-0.1, -0.05) is 0 Å². The molecule has 2 unspecified atom stereocenters. The summed E-state index contributed by atoms with van der Waals surface area (Å²) in [6, 6.07) is 0.482. The van der Waals surface area contributed by atoms with Crippen molar-refractivity contribution >= 4 is 5.91 Å². The Morgan fingerprint density at radius 1 is 1.31 bits per heavy atom. The summed E-state index contributed by atoms with van der Waals surface area (Å²) in [6.45, 7) is 1.39. The molecule has 2 atom stereocenters. The molecular formula is C10H15F3N2O. The van der Waals surface area contributed by atoms with E-state index < -0.39 is 19.0 Å². The average molecular weight is 236 g/mol. The van der Waals surface area contributed by atoms with Gasteiger partial charge in [-0.3, -0.25) is 9.69 Å². The highest BCUT2D eigenvalue weighted by atomic mass is 19.4. The minimum absolute atomic E-state index is 0.135. The molecule has 0 spiro atoms. The van der Waals surface area contributed by atoms with Crippen LogP contribution in [0.5, 0.6) is 0 Å². The molecule has 2 fully saturated rings. The molecule has 0 aromatic heterocycles. The lowest BCUT2D eigenvalue weighted by molar-refractivity contribution is -0.150. The Morgan fingerprint density at radius 3 is 2.44 bits per heavy atom. The highest BCUT2D eigenvalue weighted by Crippen LogP contribution is 2.30. The number of carbonyl (C=O) groups excluding carboxylic acids is 1. The van der Waals surface area contributed by atoms with E-state index in [9.17, 15) is 18.0 Å². The number of rotatable bonds is 2. The molecule has 2 aliphatic heterocycles. The molecule has 0 aromatic carbocycles. The molecule has 0 N–H and O–H groups in total.